The number of aliphatic hydroxyl groups excluding tert-OH is 4. The van der Waals surface area contributed by atoms with Gasteiger partial charge in [-0.1, -0.05) is 27.7 Å². The monoisotopic (exact) mass is 564 g/mol. The van der Waals surface area contributed by atoms with Crippen molar-refractivity contribution in [2.24, 2.45) is 23.5 Å². The topological polar surface area (TPSA) is 178 Å². The molecule has 11 nitrogen and oxygen atoms in total. The van der Waals surface area contributed by atoms with E-state index in [1.165, 1.54) is 6.92 Å². The summed E-state index contributed by atoms with van der Waals surface area (Å²) in [5.74, 6) is -1.51. The Bertz CT molecular complexity index is 745. The van der Waals surface area contributed by atoms with Crippen molar-refractivity contribution in [3.63, 3.8) is 0 Å². The molecule has 39 heavy (non-hydrogen) atoms. The van der Waals surface area contributed by atoms with Crippen LogP contribution in [0, 0.1) is 17.8 Å². The van der Waals surface area contributed by atoms with E-state index in [1.807, 2.05) is 25.8 Å². The number of aliphatic hydroxyl groups is 6. The minimum absolute atomic E-state index is 0.0702. The summed E-state index contributed by atoms with van der Waals surface area (Å²) in [6.45, 7) is 14.3. The Hall–Kier alpha value is -0.440. The zero-order valence-corrected chi connectivity index (χ0v) is 25.3. The highest BCUT2D eigenvalue weighted by atomic mass is 16.7. The largest absolute Gasteiger partial charge is 0.390 e. The first kappa shape index (κ1) is 34.8. The van der Waals surface area contributed by atoms with Crippen molar-refractivity contribution in [3.8, 4) is 0 Å². The van der Waals surface area contributed by atoms with Gasteiger partial charge in [-0.15, -0.1) is 0 Å². The molecule has 0 amide bonds. The van der Waals surface area contributed by atoms with Gasteiger partial charge in [-0.2, -0.15) is 0 Å². The van der Waals surface area contributed by atoms with Crippen LogP contribution in [0.4, 0.5) is 0 Å². The SMILES string of the molecule is CC[C@H]1OC(O)[C@H](C)[C@@H](O[C@H]2CC(N)[C@H](O)C(C)O2)[C@H](C)[C@@H](O)[C@](C)(O)C[C@@H](C)CN(C)[C@H](C)[C@@H](O)[C@]1(C)O. The molecule has 0 aliphatic carbocycles. The van der Waals surface area contributed by atoms with Gasteiger partial charge in [0.25, 0.3) is 0 Å². The molecule has 0 saturated carbocycles. The maximum absolute atomic E-state index is 11.4. The summed E-state index contributed by atoms with van der Waals surface area (Å²) in [6.07, 6.45) is -7.14. The lowest BCUT2D eigenvalue weighted by atomic mass is 9.78. The Balaban J connectivity index is 2.49. The van der Waals surface area contributed by atoms with E-state index in [4.69, 9.17) is 19.9 Å². The fourth-order valence-electron chi connectivity index (χ4n) is 6.39. The molecule has 0 radical (unpaired) electrons. The van der Waals surface area contributed by atoms with E-state index >= 15 is 0 Å². The number of nitrogens with zero attached hydrogens (tertiary/aromatic N) is 1. The first-order chi connectivity index (χ1) is 17.8. The molecule has 0 spiro atoms. The normalized spacial score (nSPS) is 52.2. The lowest BCUT2D eigenvalue weighted by molar-refractivity contribution is -0.286. The molecule has 2 fully saturated rings. The molecule has 0 aromatic heterocycles. The average Bonchev–Trinajstić information content (AvgIpc) is 2.85. The second kappa shape index (κ2) is 13.7. The predicted molar refractivity (Wildman–Crippen MR) is 146 cm³/mol. The smallest absolute Gasteiger partial charge is 0.160 e. The van der Waals surface area contributed by atoms with Crippen LogP contribution in [0.5, 0.6) is 0 Å². The molecular formula is C28H56N2O9. The fraction of sp³-hybridized carbons (Fsp3) is 1.00. The Morgan fingerprint density at radius 2 is 1.54 bits per heavy atom. The Labute approximate surface area is 234 Å². The fourth-order valence-corrected chi connectivity index (χ4v) is 6.39. The van der Waals surface area contributed by atoms with Crippen LogP contribution >= 0.6 is 0 Å². The molecular weight excluding hydrogens is 508 g/mol. The highest BCUT2D eigenvalue weighted by molar-refractivity contribution is 4.97. The summed E-state index contributed by atoms with van der Waals surface area (Å²) in [5, 5.41) is 66.9. The van der Waals surface area contributed by atoms with E-state index in [0.29, 0.717) is 13.0 Å². The van der Waals surface area contributed by atoms with Gasteiger partial charge in [0.1, 0.15) is 11.7 Å². The van der Waals surface area contributed by atoms with E-state index in [1.54, 1.807) is 34.6 Å². The molecule has 0 aromatic carbocycles. The van der Waals surface area contributed by atoms with Crippen molar-refractivity contribution in [2.45, 2.75) is 147 Å². The van der Waals surface area contributed by atoms with Gasteiger partial charge in [-0.3, -0.25) is 0 Å². The number of hydrogen-bond donors (Lipinski definition) is 7. The van der Waals surface area contributed by atoms with Crippen molar-refractivity contribution < 1.29 is 44.8 Å². The van der Waals surface area contributed by atoms with Gasteiger partial charge in [-0.05, 0) is 53.5 Å². The lowest BCUT2D eigenvalue weighted by Crippen LogP contribution is -2.59. The molecule has 232 valence electrons. The zero-order valence-electron chi connectivity index (χ0n) is 25.3. The molecule has 3 unspecified atom stereocenters. The number of ether oxygens (including phenoxy) is 3. The van der Waals surface area contributed by atoms with Crippen LogP contribution < -0.4 is 5.73 Å². The van der Waals surface area contributed by atoms with Crippen LogP contribution in [0.25, 0.3) is 0 Å². The highest BCUT2D eigenvalue weighted by Gasteiger charge is 2.48. The first-order valence-electron chi connectivity index (χ1n) is 14.4. The van der Waals surface area contributed by atoms with Gasteiger partial charge in [0.05, 0.1) is 36.1 Å². The lowest BCUT2D eigenvalue weighted by Gasteiger charge is -2.44. The third-order valence-electron chi connectivity index (χ3n) is 9.12. The molecule has 0 aromatic rings. The molecule has 2 saturated heterocycles. The second-order valence-electron chi connectivity index (χ2n) is 12.9. The van der Waals surface area contributed by atoms with Crippen LogP contribution in [0.3, 0.4) is 0 Å². The number of rotatable bonds is 3. The van der Waals surface area contributed by atoms with E-state index in [2.05, 4.69) is 0 Å². The number of likely N-dealkylation sites (N-methyl/N-ethyl adjacent to an activating group) is 1. The van der Waals surface area contributed by atoms with Crippen molar-refractivity contribution in [1.29, 1.82) is 0 Å². The Morgan fingerprint density at radius 3 is 2.08 bits per heavy atom. The van der Waals surface area contributed by atoms with Gasteiger partial charge in [0.15, 0.2) is 12.6 Å². The summed E-state index contributed by atoms with van der Waals surface area (Å²) in [7, 11) is 1.84. The molecule has 2 rings (SSSR count). The minimum Gasteiger partial charge on any atom is -0.390 e. The molecule has 15 atom stereocenters. The third kappa shape index (κ3) is 8.10. The van der Waals surface area contributed by atoms with Crippen LogP contribution in [0.2, 0.25) is 0 Å². The summed E-state index contributed by atoms with van der Waals surface area (Å²) in [5.41, 5.74) is 2.91. The highest BCUT2D eigenvalue weighted by Crippen LogP contribution is 2.36. The number of nitrogens with two attached hydrogens (primary N) is 1. The van der Waals surface area contributed by atoms with Gasteiger partial charge < -0.3 is 55.5 Å². The quantitative estimate of drug-likeness (QED) is 0.248. The van der Waals surface area contributed by atoms with E-state index in [-0.39, 0.29) is 18.8 Å². The maximum atomic E-state index is 11.4. The Morgan fingerprint density at radius 1 is 0.949 bits per heavy atom. The third-order valence-corrected chi connectivity index (χ3v) is 9.12. The van der Waals surface area contributed by atoms with Gasteiger partial charge in [0.2, 0.25) is 0 Å². The van der Waals surface area contributed by atoms with Crippen LogP contribution in [-0.4, -0.2) is 122 Å². The molecule has 2 aliphatic heterocycles. The zero-order chi connectivity index (χ0) is 30.0. The van der Waals surface area contributed by atoms with Gasteiger partial charge >= 0.3 is 0 Å². The van der Waals surface area contributed by atoms with Crippen LogP contribution in [-0.2, 0) is 14.2 Å². The maximum Gasteiger partial charge on any atom is 0.160 e. The van der Waals surface area contributed by atoms with E-state index in [9.17, 15) is 30.6 Å². The van der Waals surface area contributed by atoms with Crippen molar-refractivity contribution in [2.75, 3.05) is 13.6 Å². The number of hydrogen-bond acceptors (Lipinski definition) is 11. The van der Waals surface area contributed by atoms with Crippen molar-refractivity contribution >= 4 is 0 Å². The van der Waals surface area contributed by atoms with Crippen LogP contribution in [0.15, 0.2) is 0 Å². The predicted octanol–water partition coefficient (Wildman–Crippen LogP) is 0.164. The Kier molecular flexibility index (Phi) is 12.2. The van der Waals surface area contributed by atoms with Crippen molar-refractivity contribution in [1.82, 2.24) is 4.90 Å². The molecule has 8 N–H and O–H groups in total. The molecule has 2 heterocycles. The van der Waals surface area contributed by atoms with E-state index < -0.39 is 84.3 Å². The summed E-state index contributed by atoms with van der Waals surface area (Å²) < 4.78 is 18.2. The molecule has 0 bridgehead atoms. The summed E-state index contributed by atoms with van der Waals surface area (Å²) in [4.78, 5) is 1.91. The molecule has 11 heteroatoms. The summed E-state index contributed by atoms with van der Waals surface area (Å²) >= 11 is 0. The summed E-state index contributed by atoms with van der Waals surface area (Å²) in [6, 6.07) is -1.05. The van der Waals surface area contributed by atoms with E-state index in [0.717, 1.165) is 0 Å². The van der Waals surface area contributed by atoms with Crippen LogP contribution in [0.1, 0.15) is 74.7 Å². The first-order valence-corrected chi connectivity index (χ1v) is 14.4. The second-order valence-corrected chi connectivity index (χ2v) is 12.9. The van der Waals surface area contributed by atoms with Gasteiger partial charge in [0, 0.05) is 36.9 Å². The minimum atomic E-state index is -1.69. The average molecular weight is 565 g/mol. The molecule has 2 aliphatic rings. The van der Waals surface area contributed by atoms with Gasteiger partial charge in [-0.25, -0.2) is 0 Å². The standard InChI is InChI=1S/C28H56N2O9/c1-10-20-28(8,36)25(33)17(5)30(9)13-14(2)12-27(7,35)24(32)15(3)23(16(4)26(34)38-20)39-21-11-19(29)22(31)18(6)37-21/h14-26,31-36H,10-13,29H2,1-9H3/t14-,15+,16-,17-,18?,19?,20-,21+,22-,23+,24-,25-,26?,27-,28-/m1/s1. The van der Waals surface area contributed by atoms with Crippen molar-refractivity contribution in [3.05, 3.63) is 0 Å².